The first-order valence-corrected chi connectivity index (χ1v) is 4.63. The Morgan fingerprint density at radius 1 is 1.64 bits per heavy atom. The fraction of sp³-hybridized carbons (Fsp3) is 0.556. The van der Waals surface area contributed by atoms with E-state index in [-0.39, 0.29) is 11.9 Å². The van der Waals surface area contributed by atoms with E-state index < -0.39 is 0 Å². The van der Waals surface area contributed by atoms with Crippen molar-refractivity contribution >= 4 is 5.91 Å². The summed E-state index contributed by atoms with van der Waals surface area (Å²) in [7, 11) is 1.63. The minimum Gasteiger partial charge on any atom is -0.358 e. The van der Waals surface area contributed by atoms with E-state index in [0.29, 0.717) is 6.54 Å². The van der Waals surface area contributed by atoms with Gasteiger partial charge in [-0.15, -0.1) is 0 Å². The van der Waals surface area contributed by atoms with Gasteiger partial charge in [-0.05, 0) is 13.0 Å². The smallest absolute Gasteiger partial charge is 0.233 e. The van der Waals surface area contributed by atoms with Gasteiger partial charge in [0, 0.05) is 25.5 Å². The number of likely N-dealkylation sites (N-methyl/N-ethyl adjacent to an activating group) is 1. The minimum atomic E-state index is -0.00249. The zero-order chi connectivity index (χ0) is 10.4. The molecule has 0 fully saturated rings. The van der Waals surface area contributed by atoms with E-state index in [1.165, 1.54) is 0 Å². The van der Waals surface area contributed by atoms with Gasteiger partial charge in [0.1, 0.15) is 0 Å². The van der Waals surface area contributed by atoms with Gasteiger partial charge in [0.2, 0.25) is 5.91 Å². The van der Waals surface area contributed by atoms with Gasteiger partial charge in [-0.1, -0.05) is 0 Å². The molecule has 1 aromatic heterocycles. The molecule has 5 heteroatoms. The van der Waals surface area contributed by atoms with Crippen molar-refractivity contribution in [2.75, 3.05) is 13.6 Å². The molecule has 0 bridgehead atoms. The van der Waals surface area contributed by atoms with Crippen LogP contribution in [0.2, 0.25) is 0 Å². The molecule has 0 saturated heterocycles. The van der Waals surface area contributed by atoms with Gasteiger partial charge in [0.15, 0.2) is 0 Å². The second kappa shape index (κ2) is 5.39. The van der Waals surface area contributed by atoms with Crippen LogP contribution in [0.4, 0.5) is 0 Å². The highest BCUT2D eigenvalue weighted by Gasteiger charge is 2.04. The number of amides is 1. The summed E-state index contributed by atoms with van der Waals surface area (Å²) in [5, 5.41) is 9.73. The standard InChI is InChI=1S/C9H16N4O/c1-8(11-6-9(14)10-2)7-13-5-3-4-12-13/h3-5,8,11H,6-7H2,1-2H3,(H,10,14). The lowest BCUT2D eigenvalue weighted by Crippen LogP contribution is -2.38. The third-order valence-electron chi connectivity index (χ3n) is 1.91. The van der Waals surface area contributed by atoms with E-state index in [1.807, 2.05) is 23.9 Å². The Morgan fingerprint density at radius 2 is 2.43 bits per heavy atom. The Morgan fingerprint density at radius 3 is 3.00 bits per heavy atom. The first-order chi connectivity index (χ1) is 6.72. The molecule has 1 unspecified atom stereocenters. The van der Waals surface area contributed by atoms with Gasteiger partial charge < -0.3 is 10.6 Å². The van der Waals surface area contributed by atoms with Crippen molar-refractivity contribution in [3.63, 3.8) is 0 Å². The van der Waals surface area contributed by atoms with Crippen LogP contribution < -0.4 is 10.6 Å². The van der Waals surface area contributed by atoms with E-state index in [2.05, 4.69) is 15.7 Å². The van der Waals surface area contributed by atoms with Crippen LogP contribution in [0.3, 0.4) is 0 Å². The summed E-state index contributed by atoms with van der Waals surface area (Å²) in [5.74, 6) is -0.00249. The van der Waals surface area contributed by atoms with E-state index in [4.69, 9.17) is 0 Å². The van der Waals surface area contributed by atoms with Crippen LogP contribution in [0.15, 0.2) is 18.5 Å². The fourth-order valence-corrected chi connectivity index (χ4v) is 1.11. The van der Waals surface area contributed by atoms with Crippen molar-refractivity contribution in [1.29, 1.82) is 0 Å². The summed E-state index contributed by atoms with van der Waals surface area (Å²) in [5.41, 5.74) is 0. The fourth-order valence-electron chi connectivity index (χ4n) is 1.11. The summed E-state index contributed by atoms with van der Waals surface area (Å²) >= 11 is 0. The molecule has 5 nitrogen and oxygen atoms in total. The lowest BCUT2D eigenvalue weighted by atomic mass is 10.3. The summed E-state index contributed by atoms with van der Waals surface area (Å²) < 4.78 is 1.83. The SMILES string of the molecule is CNC(=O)CNC(C)Cn1cccn1. The van der Waals surface area contributed by atoms with Gasteiger partial charge in [-0.3, -0.25) is 9.48 Å². The molecule has 2 N–H and O–H groups in total. The maximum atomic E-state index is 10.9. The molecule has 78 valence electrons. The normalized spacial score (nSPS) is 12.4. The average molecular weight is 196 g/mol. The maximum Gasteiger partial charge on any atom is 0.233 e. The maximum absolute atomic E-state index is 10.9. The van der Waals surface area contributed by atoms with Gasteiger partial charge in [-0.2, -0.15) is 5.10 Å². The molecular weight excluding hydrogens is 180 g/mol. The molecule has 0 aliphatic rings. The number of nitrogens with one attached hydrogen (secondary N) is 2. The van der Waals surface area contributed by atoms with Crippen LogP contribution in [-0.4, -0.2) is 35.3 Å². The number of carbonyl (C=O) groups is 1. The molecule has 1 heterocycles. The summed E-state index contributed by atoms with van der Waals surface area (Å²) in [6.07, 6.45) is 3.64. The second-order valence-corrected chi connectivity index (χ2v) is 3.18. The Labute approximate surface area is 83.5 Å². The number of hydrogen-bond acceptors (Lipinski definition) is 3. The molecular formula is C9H16N4O. The highest BCUT2D eigenvalue weighted by Crippen LogP contribution is 1.89. The predicted octanol–water partition coefficient (Wildman–Crippen LogP) is -0.393. The first kappa shape index (κ1) is 10.7. The molecule has 0 saturated carbocycles. The quantitative estimate of drug-likeness (QED) is 0.674. The van der Waals surface area contributed by atoms with Crippen LogP contribution in [-0.2, 0) is 11.3 Å². The van der Waals surface area contributed by atoms with Gasteiger partial charge in [0.25, 0.3) is 0 Å². The van der Waals surface area contributed by atoms with Crippen molar-refractivity contribution in [2.45, 2.75) is 19.5 Å². The van der Waals surface area contributed by atoms with Crippen LogP contribution >= 0.6 is 0 Å². The molecule has 1 aromatic rings. The Kier molecular flexibility index (Phi) is 4.12. The number of rotatable bonds is 5. The summed E-state index contributed by atoms with van der Waals surface area (Å²) in [4.78, 5) is 10.9. The number of hydrogen-bond donors (Lipinski definition) is 2. The van der Waals surface area contributed by atoms with E-state index >= 15 is 0 Å². The molecule has 0 aliphatic heterocycles. The van der Waals surface area contributed by atoms with Crippen LogP contribution in [0, 0.1) is 0 Å². The van der Waals surface area contributed by atoms with Crippen LogP contribution in [0.1, 0.15) is 6.92 Å². The largest absolute Gasteiger partial charge is 0.358 e. The van der Waals surface area contributed by atoms with Crippen molar-refractivity contribution < 1.29 is 4.79 Å². The Bertz CT molecular complexity index is 270. The molecule has 1 amide bonds. The van der Waals surface area contributed by atoms with Crippen molar-refractivity contribution in [3.05, 3.63) is 18.5 Å². The molecule has 0 aromatic carbocycles. The number of aromatic nitrogens is 2. The van der Waals surface area contributed by atoms with Gasteiger partial charge >= 0.3 is 0 Å². The molecule has 1 atom stereocenters. The average Bonchev–Trinajstić information content (AvgIpc) is 2.66. The lowest BCUT2D eigenvalue weighted by Gasteiger charge is -2.12. The predicted molar refractivity (Wildman–Crippen MR) is 53.8 cm³/mol. The third-order valence-corrected chi connectivity index (χ3v) is 1.91. The Hall–Kier alpha value is -1.36. The van der Waals surface area contributed by atoms with Crippen LogP contribution in [0.25, 0.3) is 0 Å². The van der Waals surface area contributed by atoms with Gasteiger partial charge in [-0.25, -0.2) is 0 Å². The number of carbonyl (C=O) groups excluding carboxylic acids is 1. The van der Waals surface area contributed by atoms with Crippen molar-refractivity contribution in [3.8, 4) is 0 Å². The van der Waals surface area contributed by atoms with E-state index in [9.17, 15) is 4.79 Å². The zero-order valence-corrected chi connectivity index (χ0v) is 8.53. The van der Waals surface area contributed by atoms with Crippen molar-refractivity contribution in [1.82, 2.24) is 20.4 Å². The van der Waals surface area contributed by atoms with Gasteiger partial charge in [0.05, 0.1) is 13.1 Å². The second-order valence-electron chi connectivity index (χ2n) is 3.18. The van der Waals surface area contributed by atoms with Crippen LogP contribution in [0.5, 0.6) is 0 Å². The summed E-state index contributed by atoms with van der Waals surface area (Å²) in [6, 6.07) is 2.11. The van der Waals surface area contributed by atoms with E-state index in [0.717, 1.165) is 6.54 Å². The summed E-state index contributed by atoms with van der Waals surface area (Å²) in [6.45, 7) is 3.13. The molecule has 0 spiro atoms. The minimum absolute atomic E-state index is 0.00249. The Balaban J connectivity index is 2.22. The molecule has 0 aliphatic carbocycles. The first-order valence-electron chi connectivity index (χ1n) is 4.63. The zero-order valence-electron chi connectivity index (χ0n) is 8.53. The molecule has 1 rings (SSSR count). The monoisotopic (exact) mass is 196 g/mol. The van der Waals surface area contributed by atoms with E-state index in [1.54, 1.807) is 13.2 Å². The van der Waals surface area contributed by atoms with Crippen molar-refractivity contribution in [2.24, 2.45) is 0 Å². The topological polar surface area (TPSA) is 59.0 Å². The third kappa shape index (κ3) is 3.57. The molecule has 14 heavy (non-hydrogen) atoms. The highest BCUT2D eigenvalue weighted by atomic mass is 16.1. The molecule has 0 radical (unpaired) electrons. The lowest BCUT2D eigenvalue weighted by molar-refractivity contribution is -0.119. The highest BCUT2D eigenvalue weighted by molar-refractivity contribution is 5.77. The number of nitrogens with zero attached hydrogens (tertiary/aromatic N) is 2.